The number of aliphatic hydroxyl groups is 1. The highest BCUT2D eigenvalue weighted by molar-refractivity contribution is 5.92. The van der Waals surface area contributed by atoms with Gasteiger partial charge in [0.2, 0.25) is 0 Å². The van der Waals surface area contributed by atoms with E-state index in [0.717, 1.165) is 10.9 Å². The zero-order valence-electron chi connectivity index (χ0n) is 14.4. The Morgan fingerprint density at radius 1 is 1.35 bits per heavy atom. The van der Waals surface area contributed by atoms with Crippen molar-refractivity contribution in [2.75, 3.05) is 11.9 Å². The van der Waals surface area contributed by atoms with Gasteiger partial charge in [-0.25, -0.2) is 4.79 Å². The van der Waals surface area contributed by atoms with Crippen molar-refractivity contribution in [1.29, 1.82) is 0 Å². The lowest BCUT2D eigenvalue weighted by Gasteiger charge is -2.29. The van der Waals surface area contributed by atoms with E-state index in [4.69, 9.17) is 0 Å². The Labute approximate surface area is 136 Å². The first kappa shape index (κ1) is 17.3. The third-order valence-corrected chi connectivity index (χ3v) is 3.84. The molecule has 0 saturated carbocycles. The molecule has 0 aliphatic heterocycles. The predicted molar refractivity (Wildman–Crippen MR) is 92.6 cm³/mol. The SMILES string of the molecule is CC(C)n1cc2cc(NC(=O)N[C@H](CO)C(C)(C)C)ccc2n1. The summed E-state index contributed by atoms with van der Waals surface area (Å²) < 4.78 is 1.90. The molecule has 0 aliphatic rings. The molecule has 2 rings (SSSR count). The lowest BCUT2D eigenvalue weighted by molar-refractivity contribution is 0.162. The number of fused-ring (bicyclic) bond motifs is 1. The fraction of sp³-hybridized carbons (Fsp3) is 0.529. The molecule has 126 valence electrons. The van der Waals surface area contributed by atoms with Gasteiger partial charge in [0.05, 0.1) is 18.2 Å². The minimum absolute atomic E-state index is 0.100. The van der Waals surface area contributed by atoms with Gasteiger partial charge in [0.1, 0.15) is 0 Å². The van der Waals surface area contributed by atoms with Gasteiger partial charge in [0.15, 0.2) is 0 Å². The molecule has 3 N–H and O–H groups in total. The predicted octanol–water partition coefficient (Wildman–Crippen LogP) is 3.15. The number of carbonyl (C=O) groups excluding carboxylic acids is 1. The molecular formula is C17H26N4O2. The van der Waals surface area contributed by atoms with Crippen LogP contribution in [-0.2, 0) is 0 Å². The maximum absolute atomic E-state index is 12.1. The van der Waals surface area contributed by atoms with Crippen LogP contribution < -0.4 is 10.6 Å². The highest BCUT2D eigenvalue weighted by atomic mass is 16.3. The van der Waals surface area contributed by atoms with Crippen LogP contribution in [-0.4, -0.2) is 33.6 Å². The van der Waals surface area contributed by atoms with E-state index in [2.05, 4.69) is 29.6 Å². The molecule has 0 radical (unpaired) electrons. The van der Waals surface area contributed by atoms with E-state index in [1.807, 2.05) is 49.8 Å². The van der Waals surface area contributed by atoms with Crippen LogP contribution in [0.25, 0.3) is 10.9 Å². The largest absolute Gasteiger partial charge is 0.394 e. The molecule has 0 saturated heterocycles. The van der Waals surface area contributed by atoms with Gasteiger partial charge in [-0.15, -0.1) is 0 Å². The summed E-state index contributed by atoms with van der Waals surface area (Å²) in [5, 5.41) is 20.5. The minimum Gasteiger partial charge on any atom is -0.394 e. The Morgan fingerprint density at radius 3 is 2.61 bits per heavy atom. The molecule has 1 atom stereocenters. The summed E-state index contributed by atoms with van der Waals surface area (Å²) in [6.45, 7) is 9.96. The quantitative estimate of drug-likeness (QED) is 0.810. The van der Waals surface area contributed by atoms with Gasteiger partial charge in [0, 0.05) is 23.3 Å². The second-order valence-electron chi connectivity index (χ2n) is 7.18. The topological polar surface area (TPSA) is 79.2 Å². The number of nitrogens with zero attached hydrogens (tertiary/aromatic N) is 2. The first-order valence-corrected chi connectivity index (χ1v) is 7.88. The van der Waals surface area contributed by atoms with Crippen molar-refractivity contribution in [2.24, 2.45) is 5.41 Å². The smallest absolute Gasteiger partial charge is 0.319 e. The molecular weight excluding hydrogens is 292 g/mol. The fourth-order valence-electron chi connectivity index (χ4n) is 2.25. The third-order valence-electron chi connectivity index (χ3n) is 3.84. The van der Waals surface area contributed by atoms with E-state index in [1.54, 1.807) is 0 Å². The molecule has 1 aromatic heterocycles. The van der Waals surface area contributed by atoms with Gasteiger partial charge in [-0.2, -0.15) is 5.10 Å². The summed E-state index contributed by atoms with van der Waals surface area (Å²) in [6.07, 6.45) is 1.97. The zero-order valence-corrected chi connectivity index (χ0v) is 14.4. The van der Waals surface area contributed by atoms with Crippen LogP contribution in [0.2, 0.25) is 0 Å². The van der Waals surface area contributed by atoms with E-state index in [9.17, 15) is 9.90 Å². The number of aliphatic hydroxyl groups excluding tert-OH is 1. The monoisotopic (exact) mass is 318 g/mol. The number of urea groups is 1. The standard InChI is InChI=1S/C17H26N4O2/c1-11(2)21-9-12-8-13(6-7-14(12)20-21)18-16(23)19-15(10-22)17(3,4)5/h6-9,11,15,22H,10H2,1-5H3,(H2,18,19,23)/t15-/m1/s1. The van der Waals surface area contributed by atoms with Crippen molar-refractivity contribution >= 4 is 22.6 Å². The van der Waals surface area contributed by atoms with Gasteiger partial charge < -0.3 is 15.7 Å². The van der Waals surface area contributed by atoms with E-state index in [1.165, 1.54) is 0 Å². The van der Waals surface area contributed by atoms with Crippen LogP contribution >= 0.6 is 0 Å². The summed E-state index contributed by atoms with van der Waals surface area (Å²) in [7, 11) is 0. The molecule has 0 aliphatic carbocycles. The Bertz CT molecular complexity index is 685. The molecule has 0 fully saturated rings. The first-order chi connectivity index (χ1) is 10.7. The fourth-order valence-corrected chi connectivity index (χ4v) is 2.25. The second kappa shape index (κ2) is 6.58. The summed E-state index contributed by atoms with van der Waals surface area (Å²) in [4.78, 5) is 12.1. The maximum atomic E-state index is 12.1. The average molecular weight is 318 g/mol. The highest BCUT2D eigenvalue weighted by Gasteiger charge is 2.25. The highest BCUT2D eigenvalue weighted by Crippen LogP contribution is 2.21. The van der Waals surface area contributed by atoms with Crippen molar-refractivity contribution in [3.8, 4) is 0 Å². The number of benzene rings is 1. The molecule has 23 heavy (non-hydrogen) atoms. The normalized spacial score (nSPS) is 13.3. The Hall–Kier alpha value is -2.08. The van der Waals surface area contributed by atoms with E-state index in [0.29, 0.717) is 11.7 Å². The molecule has 0 spiro atoms. The van der Waals surface area contributed by atoms with Crippen LogP contribution in [0.15, 0.2) is 24.4 Å². The molecule has 1 aromatic carbocycles. The second-order valence-corrected chi connectivity index (χ2v) is 7.18. The van der Waals surface area contributed by atoms with Crippen molar-refractivity contribution in [3.05, 3.63) is 24.4 Å². The minimum atomic E-state index is -0.324. The average Bonchev–Trinajstić information content (AvgIpc) is 2.87. The molecule has 6 heteroatoms. The van der Waals surface area contributed by atoms with Gasteiger partial charge >= 0.3 is 6.03 Å². The molecule has 2 amide bonds. The van der Waals surface area contributed by atoms with Crippen LogP contribution in [0.1, 0.15) is 40.7 Å². The van der Waals surface area contributed by atoms with Gasteiger partial charge in [-0.05, 0) is 37.5 Å². The molecule has 0 bridgehead atoms. The summed E-state index contributed by atoms with van der Waals surface area (Å²) in [6, 6.07) is 5.26. The summed E-state index contributed by atoms with van der Waals surface area (Å²) in [5.41, 5.74) is 1.38. The Balaban J connectivity index is 2.10. The van der Waals surface area contributed by atoms with Crippen molar-refractivity contribution in [3.63, 3.8) is 0 Å². The molecule has 1 heterocycles. The zero-order chi connectivity index (χ0) is 17.2. The van der Waals surface area contributed by atoms with Gasteiger partial charge in [-0.1, -0.05) is 20.8 Å². The van der Waals surface area contributed by atoms with Crippen molar-refractivity contribution in [1.82, 2.24) is 15.1 Å². The number of aromatic nitrogens is 2. The van der Waals surface area contributed by atoms with E-state index >= 15 is 0 Å². The lowest BCUT2D eigenvalue weighted by atomic mass is 9.87. The summed E-state index contributed by atoms with van der Waals surface area (Å²) >= 11 is 0. The number of rotatable bonds is 4. The van der Waals surface area contributed by atoms with Crippen LogP contribution in [0.5, 0.6) is 0 Å². The maximum Gasteiger partial charge on any atom is 0.319 e. The first-order valence-electron chi connectivity index (χ1n) is 7.88. The Morgan fingerprint density at radius 2 is 2.04 bits per heavy atom. The van der Waals surface area contributed by atoms with Crippen LogP contribution in [0, 0.1) is 5.41 Å². The number of anilines is 1. The lowest BCUT2D eigenvalue weighted by Crippen LogP contribution is -2.47. The van der Waals surface area contributed by atoms with E-state index in [-0.39, 0.29) is 24.1 Å². The van der Waals surface area contributed by atoms with E-state index < -0.39 is 0 Å². The third kappa shape index (κ3) is 4.22. The Kier molecular flexibility index (Phi) is 4.94. The molecule has 2 aromatic rings. The number of amides is 2. The number of hydrogen-bond donors (Lipinski definition) is 3. The van der Waals surface area contributed by atoms with Crippen LogP contribution in [0.4, 0.5) is 10.5 Å². The van der Waals surface area contributed by atoms with Crippen molar-refractivity contribution in [2.45, 2.75) is 46.7 Å². The molecule has 6 nitrogen and oxygen atoms in total. The number of nitrogens with one attached hydrogen (secondary N) is 2. The van der Waals surface area contributed by atoms with Gasteiger partial charge in [0.25, 0.3) is 0 Å². The number of hydrogen-bond acceptors (Lipinski definition) is 3. The molecule has 0 unspecified atom stereocenters. The number of carbonyl (C=O) groups is 1. The summed E-state index contributed by atoms with van der Waals surface area (Å²) in [5.74, 6) is 0. The van der Waals surface area contributed by atoms with Crippen LogP contribution in [0.3, 0.4) is 0 Å². The van der Waals surface area contributed by atoms with Gasteiger partial charge in [-0.3, -0.25) is 4.68 Å². The van der Waals surface area contributed by atoms with Crippen molar-refractivity contribution < 1.29 is 9.90 Å².